The summed E-state index contributed by atoms with van der Waals surface area (Å²) >= 11 is 5.53. The fourth-order valence-electron chi connectivity index (χ4n) is 0.417. The molecule has 0 bridgehead atoms. The van der Waals surface area contributed by atoms with Gasteiger partial charge in [0.05, 0.1) is 0 Å². The van der Waals surface area contributed by atoms with E-state index in [0.29, 0.717) is 5.88 Å². The van der Waals surface area contributed by atoms with E-state index in [1.807, 2.05) is 13.8 Å². The second-order valence-electron chi connectivity index (χ2n) is 2.30. The van der Waals surface area contributed by atoms with Crippen molar-refractivity contribution in [1.29, 1.82) is 0 Å². The molecule has 0 aliphatic carbocycles. The Kier molecular flexibility index (Phi) is 4.70. The van der Waals surface area contributed by atoms with E-state index in [9.17, 15) is 4.79 Å². The summed E-state index contributed by atoms with van der Waals surface area (Å²) < 4.78 is 4.55. The minimum atomic E-state index is -0.758. The van der Waals surface area contributed by atoms with E-state index in [0.717, 1.165) is 11.1 Å². The topological polar surface area (TPSA) is 52.3 Å². The first kappa shape index (κ1) is 10.3. The fraction of sp³-hybridized carbons (Fsp3) is 0.571. The molecule has 0 aromatic carbocycles. The summed E-state index contributed by atoms with van der Waals surface area (Å²) in [6.07, 6.45) is -0.758. The first-order chi connectivity index (χ1) is 5.07. The van der Waals surface area contributed by atoms with Crippen LogP contribution in [-0.4, -0.2) is 18.6 Å². The molecular formula is C7H12ClNO2. The Hall–Kier alpha value is -0.700. The number of ether oxygens (including phenoxy) is 1. The summed E-state index contributed by atoms with van der Waals surface area (Å²) in [4.78, 5) is 10.2. The fourth-order valence-corrected chi connectivity index (χ4v) is 0.645. The lowest BCUT2D eigenvalue weighted by atomic mass is 10.2. The normalized spacial score (nSPS) is 12.3. The van der Waals surface area contributed by atoms with Crippen molar-refractivity contribution in [3.8, 4) is 0 Å². The highest BCUT2D eigenvalue weighted by Crippen LogP contribution is 2.04. The van der Waals surface area contributed by atoms with Crippen molar-refractivity contribution in [3.05, 3.63) is 11.1 Å². The van der Waals surface area contributed by atoms with Crippen LogP contribution in [-0.2, 0) is 4.74 Å². The second kappa shape index (κ2) is 5.02. The molecule has 0 rings (SSSR count). The molecule has 0 radical (unpaired) electrons. The molecule has 0 aromatic rings. The van der Waals surface area contributed by atoms with Crippen LogP contribution in [0, 0.1) is 0 Å². The van der Waals surface area contributed by atoms with Crippen LogP contribution in [0.4, 0.5) is 4.79 Å². The molecule has 0 fully saturated rings. The molecule has 0 unspecified atom stereocenters. The maximum Gasteiger partial charge on any atom is 0.404 e. The number of hydrogen-bond donors (Lipinski definition) is 1. The molecule has 11 heavy (non-hydrogen) atoms. The molecule has 0 aliphatic rings. The molecule has 3 nitrogen and oxygen atoms in total. The summed E-state index contributed by atoms with van der Waals surface area (Å²) in [6, 6.07) is 0. The van der Waals surface area contributed by atoms with Gasteiger partial charge in [-0.05, 0) is 19.4 Å². The largest absolute Gasteiger partial charge is 0.445 e. The SMILES string of the molecule is CC(CCl)=C(C)COC(N)=O. The number of hydrogen-bond acceptors (Lipinski definition) is 2. The van der Waals surface area contributed by atoms with Gasteiger partial charge in [0.25, 0.3) is 0 Å². The zero-order valence-electron chi connectivity index (χ0n) is 6.69. The standard InChI is InChI=1S/C7H12ClNO2/c1-5(3-8)6(2)4-11-7(9)10/h3-4H2,1-2H3,(H2,9,10). The van der Waals surface area contributed by atoms with E-state index < -0.39 is 6.09 Å². The number of primary amides is 1. The van der Waals surface area contributed by atoms with Crippen LogP contribution in [0.2, 0.25) is 0 Å². The van der Waals surface area contributed by atoms with E-state index in [1.165, 1.54) is 0 Å². The maximum absolute atomic E-state index is 10.2. The molecule has 4 heteroatoms. The predicted octanol–water partition coefficient (Wildman–Crippen LogP) is 1.66. The highest BCUT2D eigenvalue weighted by molar-refractivity contribution is 6.19. The van der Waals surface area contributed by atoms with Gasteiger partial charge in [-0.2, -0.15) is 0 Å². The molecule has 0 spiro atoms. The molecule has 1 amide bonds. The molecule has 0 saturated carbocycles. The lowest BCUT2D eigenvalue weighted by molar-refractivity contribution is 0.166. The van der Waals surface area contributed by atoms with Gasteiger partial charge in [-0.15, -0.1) is 11.6 Å². The van der Waals surface area contributed by atoms with Crippen molar-refractivity contribution in [3.63, 3.8) is 0 Å². The number of nitrogens with two attached hydrogens (primary N) is 1. The zero-order chi connectivity index (χ0) is 8.85. The summed E-state index contributed by atoms with van der Waals surface area (Å²) in [5, 5.41) is 0. The van der Waals surface area contributed by atoms with Crippen molar-refractivity contribution in [1.82, 2.24) is 0 Å². The molecular weight excluding hydrogens is 166 g/mol. The predicted molar refractivity (Wildman–Crippen MR) is 44.6 cm³/mol. The maximum atomic E-state index is 10.2. The number of amides is 1. The first-order valence-electron chi connectivity index (χ1n) is 3.21. The molecule has 64 valence electrons. The Balaban J connectivity index is 3.85. The van der Waals surface area contributed by atoms with Crippen LogP contribution < -0.4 is 5.73 Å². The average Bonchev–Trinajstić information content (AvgIpc) is 1.98. The van der Waals surface area contributed by atoms with Gasteiger partial charge < -0.3 is 10.5 Å². The Bertz CT molecular complexity index is 177. The molecule has 0 heterocycles. The zero-order valence-corrected chi connectivity index (χ0v) is 7.44. The van der Waals surface area contributed by atoms with Crippen LogP contribution in [0.25, 0.3) is 0 Å². The van der Waals surface area contributed by atoms with Gasteiger partial charge in [-0.1, -0.05) is 5.57 Å². The van der Waals surface area contributed by atoms with E-state index in [4.69, 9.17) is 17.3 Å². The average molecular weight is 178 g/mol. The van der Waals surface area contributed by atoms with Gasteiger partial charge in [0.2, 0.25) is 0 Å². The summed E-state index contributed by atoms with van der Waals surface area (Å²) in [5.74, 6) is 0.452. The highest BCUT2D eigenvalue weighted by atomic mass is 35.5. The third-order valence-corrected chi connectivity index (χ3v) is 1.76. The van der Waals surface area contributed by atoms with E-state index >= 15 is 0 Å². The summed E-state index contributed by atoms with van der Waals surface area (Å²) in [7, 11) is 0. The van der Waals surface area contributed by atoms with E-state index in [2.05, 4.69) is 4.74 Å². The van der Waals surface area contributed by atoms with Crippen molar-refractivity contribution in [2.75, 3.05) is 12.5 Å². The van der Waals surface area contributed by atoms with Gasteiger partial charge >= 0.3 is 6.09 Å². The van der Waals surface area contributed by atoms with Crippen molar-refractivity contribution < 1.29 is 9.53 Å². The number of halogens is 1. The van der Waals surface area contributed by atoms with E-state index in [-0.39, 0.29) is 6.61 Å². The van der Waals surface area contributed by atoms with Crippen LogP contribution >= 0.6 is 11.6 Å². The van der Waals surface area contributed by atoms with Gasteiger partial charge in [0, 0.05) is 5.88 Å². The van der Waals surface area contributed by atoms with Gasteiger partial charge in [-0.3, -0.25) is 0 Å². The molecule has 0 atom stereocenters. The first-order valence-corrected chi connectivity index (χ1v) is 3.74. The molecule has 0 saturated heterocycles. The third kappa shape index (κ3) is 4.67. The van der Waals surface area contributed by atoms with Crippen molar-refractivity contribution in [2.24, 2.45) is 5.73 Å². The number of allylic oxidation sites excluding steroid dienone is 1. The lowest BCUT2D eigenvalue weighted by Crippen LogP contribution is -2.14. The monoisotopic (exact) mass is 177 g/mol. The van der Waals surface area contributed by atoms with Crippen LogP contribution in [0.15, 0.2) is 11.1 Å². The van der Waals surface area contributed by atoms with Crippen LogP contribution in [0.1, 0.15) is 13.8 Å². The molecule has 2 N–H and O–H groups in total. The minimum absolute atomic E-state index is 0.230. The Morgan fingerprint density at radius 3 is 2.36 bits per heavy atom. The lowest BCUT2D eigenvalue weighted by Gasteiger charge is -2.04. The molecule has 0 aliphatic heterocycles. The van der Waals surface area contributed by atoms with Crippen LogP contribution in [0.5, 0.6) is 0 Å². The highest BCUT2D eigenvalue weighted by Gasteiger charge is 1.98. The second-order valence-corrected chi connectivity index (χ2v) is 2.57. The van der Waals surface area contributed by atoms with Crippen LogP contribution in [0.3, 0.4) is 0 Å². The number of carbonyl (C=O) groups excluding carboxylic acids is 1. The Labute approximate surface area is 71.2 Å². The number of carbonyl (C=O) groups is 1. The Morgan fingerprint density at radius 1 is 1.45 bits per heavy atom. The summed E-state index contributed by atoms with van der Waals surface area (Å²) in [5.41, 5.74) is 6.72. The van der Waals surface area contributed by atoms with Crippen molar-refractivity contribution >= 4 is 17.7 Å². The van der Waals surface area contributed by atoms with Crippen molar-refractivity contribution in [2.45, 2.75) is 13.8 Å². The quantitative estimate of drug-likeness (QED) is 0.527. The third-order valence-electron chi connectivity index (χ3n) is 1.36. The number of rotatable bonds is 3. The molecule has 0 aromatic heterocycles. The van der Waals surface area contributed by atoms with E-state index in [1.54, 1.807) is 0 Å². The van der Waals surface area contributed by atoms with Gasteiger partial charge in [0.1, 0.15) is 6.61 Å². The minimum Gasteiger partial charge on any atom is -0.445 e. The smallest absolute Gasteiger partial charge is 0.404 e. The summed E-state index contributed by atoms with van der Waals surface area (Å²) in [6.45, 7) is 3.96. The Morgan fingerprint density at radius 2 is 2.00 bits per heavy atom. The van der Waals surface area contributed by atoms with Gasteiger partial charge in [-0.25, -0.2) is 4.79 Å². The van der Waals surface area contributed by atoms with Gasteiger partial charge in [0.15, 0.2) is 0 Å². The number of alkyl halides is 1.